The maximum atomic E-state index is 12.6. The molecule has 1 aliphatic heterocycles. The van der Waals surface area contributed by atoms with E-state index in [-0.39, 0.29) is 11.9 Å². The van der Waals surface area contributed by atoms with Gasteiger partial charge >= 0.3 is 12.0 Å². The molecular formula is C20H29N3O3. The SMILES string of the molecule is CCN(CC)c1ccc(C2NC(=O)NC(C)=C2C(=O)OCC(C)C)cc1. The van der Waals surface area contributed by atoms with Gasteiger partial charge in [-0.25, -0.2) is 9.59 Å². The minimum absolute atomic E-state index is 0.248. The Hall–Kier alpha value is -2.50. The van der Waals surface area contributed by atoms with Crippen molar-refractivity contribution in [2.24, 2.45) is 5.92 Å². The molecule has 0 radical (unpaired) electrons. The number of amides is 2. The van der Waals surface area contributed by atoms with Crippen LogP contribution in [0.4, 0.5) is 10.5 Å². The molecule has 2 amide bonds. The summed E-state index contributed by atoms with van der Waals surface area (Å²) in [4.78, 5) is 26.8. The Kier molecular flexibility index (Phi) is 6.66. The Morgan fingerprint density at radius 1 is 1.19 bits per heavy atom. The number of esters is 1. The van der Waals surface area contributed by atoms with Crippen molar-refractivity contribution in [2.45, 2.75) is 40.7 Å². The second-order valence-corrected chi connectivity index (χ2v) is 6.83. The molecule has 26 heavy (non-hydrogen) atoms. The van der Waals surface area contributed by atoms with Gasteiger partial charge in [-0.05, 0) is 44.4 Å². The first kappa shape index (κ1) is 19.8. The number of urea groups is 1. The van der Waals surface area contributed by atoms with Crippen LogP contribution in [-0.4, -0.2) is 31.7 Å². The molecule has 2 rings (SSSR count). The molecule has 1 aromatic rings. The van der Waals surface area contributed by atoms with Gasteiger partial charge in [-0.15, -0.1) is 0 Å². The van der Waals surface area contributed by atoms with Crippen LogP contribution in [0.3, 0.4) is 0 Å². The van der Waals surface area contributed by atoms with Crippen molar-refractivity contribution < 1.29 is 14.3 Å². The maximum Gasteiger partial charge on any atom is 0.338 e. The zero-order chi connectivity index (χ0) is 19.3. The maximum absolute atomic E-state index is 12.6. The number of hydrogen-bond acceptors (Lipinski definition) is 4. The van der Waals surface area contributed by atoms with Crippen LogP contribution in [0.1, 0.15) is 46.2 Å². The molecule has 0 aliphatic carbocycles. The van der Waals surface area contributed by atoms with Gasteiger partial charge in [0.15, 0.2) is 0 Å². The van der Waals surface area contributed by atoms with Crippen LogP contribution in [0.5, 0.6) is 0 Å². The number of anilines is 1. The van der Waals surface area contributed by atoms with Gasteiger partial charge in [0.05, 0.1) is 18.2 Å². The highest BCUT2D eigenvalue weighted by Crippen LogP contribution is 2.29. The van der Waals surface area contributed by atoms with Gasteiger partial charge in [0.2, 0.25) is 0 Å². The number of nitrogens with one attached hydrogen (secondary N) is 2. The molecule has 2 N–H and O–H groups in total. The van der Waals surface area contributed by atoms with Crippen LogP contribution in [0.15, 0.2) is 35.5 Å². The third-order valence-electron chi connectivity index (χ3n) is 4.39. The molecule has 1 aromatic carbocycles. The normalized spacial score (nSPS) is 17.0. The lowest BCUT2D eigenvalue weighted by atomic mass is 9.95. The van der Waals surface area contributed by atoms with E-state index in [1.54, 1.807) is 6.92 Å². The van der Waals surface area contributed by atoms with Crippen molar-refractivity contribution >= 4 is 17.7 Å². The summed E-state index contributed by atoms with van der Waals surface area (Å²) in [6, 6.07) is 7.10. The van der Waals surface area contributed by atoms with Gasteiger partial charge < -0.3 is 20.3 Å². The number of carbonyl (C=O) groups is 2. The zero-order valence-corrected chi connectivity index (χ0v) is 16.3. The fourth-order valence-corrected chi connectivity index (χ4v) is 3.00. The van der Waals surface area contributed by atoms with Crippen molar-refractivity contribution in [1.29, 1.82) is 0 Å². The highest BCUT2D eigenvalue weighted by Gasteiger charge is 2.32. The molecule has 0 fully saturated rings. The topological polar surface area (TPSA) is 70.7 Å². The Bertz CT molecular complexity index is 676. The molecule has 0 bridgehead atoms. The first-order valence-electron chi connectivity index (χ1n) is 9.17. The van der Waals surface area contributed by atoms with Crippen LogP contribution in [0, 0.1) is 5.92 Å². The summed E-state index contributed by atoms with van der Waals surface area (Å²) in [5.41, 5.74) is 2.94. The number of nitrogens with zero attached hydrogens (tertiary/aromatic N) is 1. The highest BCUT2D eigenvalue weighted by molar-refractivity contribution is 5.95. The number of rotatable bonds is 7. The molecule has 6 heteroatoms. The van der Waals surface area contributed by atoms with E-state index in [4.69, 9.17) is 4.74 Å². The predicted molar refractivity (Wildman–Crippen MR) is 103 cm³/mol. The van der Waals surface area contributed by atoms with E-state index >= 15 is 0 Å². The van der Waals surface area contributed by atoms with Crippen LogP contribution in [0.25, 0.3) is 0 Å². The van der Waals surface area contributed by atoms with Crippen LogP contribution in [0.2, 0.25) is 0 Å². The van der Waals surface area contributed by atoms with Crippen molar-refractivity contribution in [1.82, 2.24) is 10.6 Å². The third kappa shape index (κ3) is 4.56. The van der Waals surface area contributed by atoms with Crippen molar-refractivity contribution in [2.75, 3.05) is 24.6 Å². The third-order valence-corrected chi connectivity index (χ3v) is 4.39. The number of ether oxygens (including phenoxy) is 1. The largest absolute Gasteiger partial charge is 0.462 e. The van der Waals surface area contributed by atoms with Crippen LogP contribution < -0.4 is 15.5 Å². The van der Waals surface area contributed by atoms with Gasteiger partial charge in [-0.1, -0.05) is 26.0 Å². The quantitative estimate of drug-likeness (QED) is 0.733. The summed E-state index contributed by atoms with van der Waals surface area (Å²) in [6.45, 7) is 12.1. The molecule has 0 spiro atoms. The summed E-state index contributed by atoms with van der Waals surface area (Å²) in [5.74, 6) is -0.153. The molecule has 0 aromatic heterocycles. The van der Waals surface area contributed by atoms with Crippen molar-refractivity contribution in [3.63, 3.8) is 0 Å². The minimum Gasteiger partial charge on any atom is -0.462 e. The molecule has 1 unspecified atom stereocenters. The lowest BCUT2D eigenvalue weighted by molar-refractivity contribution is -0.140. The number of benzene rings is 1. The van der Waals surface area contributed by atoms with Crippen molar-refractivity contribution in [3.05, 3.63) is 41.1 Å². The second kappa shape index (κ2) is 8.74. The lowest BCUT2D eigenvalue weighted by Gasteiger charge is -2.29. The monoisotopic (exact) mass is 359 g/mol. The molecule has 142 valence electrons. The summed E-state index contributed by atoms with van der Waals surface area (Å²) >= 11 is 0. The fourth-order valence-electron chi connectivity index (χ4n) is 3.00. The average molecular weight is 359 g/mol. The molecule has 1 aliphatic rings. The number of hydrogen-bond donors (Lipinski definition) is 2. The predicted octanol–water partition coefficient (Wildman–Crippen LogP) is 3.36. The Morgan fingerprint density at radius 3 is 2.35 bits per heavy atom. The Morgan fingerprint density at radius 2 is 1.81 bits per heavy atom. The van der Waals surface area contributed by atoms with E-state index in [1.807, 2.05) is 38.1 Å². The van der Waals surface area contributed by atoms with Gasteiger partial charge in [-0.2, -0.15) is 0 Å². The highest BCUT2D eigenvalue weighted by atomic mass is 16.5. The summed E-state index contributed by atoms with van der Waals surface area (Å²) in [6.07, 6.45) is 0. The smallest absolute Gasteiger partial charge is 0.338 e. The van der Waals surface area contributed by atoms with Gasteiger partial charge in [-0.3, -0.25) is 0 Å². The summed E-state index contributed by atoms with van der Waals surface area (Å²) < 4.78 is 5.40. The average Bonchev–Trinajstić information content (AvgIpc) is 2.60. The van der Waals surface area contributed by atoms with Crippen molar-refractivity contribution in [3.8, 4) is 0 Å². The van der Waals surface area contributed by atoms with E-state index in [2.05, 4.69) is 29.4 Å². The first-order chi connectivity index (χ1) is 12.4. The number of allylic oxidation sites excluding steroid dienone is 1. The molecule has 1 heterocycles. The minimum atomic E-state index is -0.519. The number of carbonyl (C=O) groups excluding carboxylic acids is 2. The van der Waals surface area contributed by atoms with E-state index in [1.165, 1.54) is 0 Å². The standard InChI is InChI=1S/C20H29N3O3/c1-6-23(7-2)16-10-8-15(9-11-16)18-17(14(5)21-20(25)22-18)19(24)26-12-13(3)4/h8-11,13,18H,6-7,12H2,1-5H3,(H2,21,22,25). The van der Waals surface area contributed by atoms with Gasteiger partial charge in [0.1, 0.15) is 0 Å². The van der Waals surface area contributed by atoms with Crippen LogP contribution in [-0.2, 0) is 9.53 Å². The van der Waals surface area contributed by atoms with Crippen LogP contribution >= 0.6 is 0 Å². The van der Waals surface area contributed by atoms with E-state index in [0.29, 0.717) is 17.9 Å². The Labute approximate surface area is 155 Å². The molecule has 0 saturated carbocycles. The van der Waals surface area contributed by atoms with E-state index in [9.17, 15) is 9.59 Å². The fraction of sp³-hybridized carbons (Fsp3) is 0.500. The summed E-state index contributed by atoms with van der Waals surface area (Å²) in [7, 11) is 0. The molecular weight excluding hydrogens is 330 g/mol. The Balaban J connectivity index is 2.30. The second-order valence-electron chi connectivity index (χ2n) is 6.83. The molecule has 6 nitrogen and oxygen atoms in total. The van der Waals surface area contributed by atoms with E-state index in [0.717, 1.165) is 24.3 Å². The zero-order valence-electron chi connectivity index (χ0n) is 16.3. The molecule has 1 atom stereocenters. The lowest BCUT2D eigenvalue weighted by Crippen LogP contribution is -2.45. The van der Waals surface area contributed by atoms with E-state index < -0.39 is 12.0 Å². The van der Waals surface area contributed by atoms with Gasteiger partial charge in [0, 0.05) is 24.5 Å². The van der Waals surface area contributed by atoms with Gasteiger partial charge in [0.25, 0.3) is 0 Å². The molecule has 0 saturated heterocycles. The first-order valence-corrected chi connectivity index (χ1v) is 9.17. The summed E-state index contributed by atoms with van der Waals surface area (Å²) in [5, 5.41) is 5.50.